The van der Waals surface area contributed by atoms with Gasteiger partial charge in [-0.3, -0.25) is 0 Å². The first-order valence-electron chi connectivity index (χ1n) is 5.95. The molecule has 0 amide bonds. The van der Waals surface area contributed by atoms with Crippen LogP contribution in [0.2, 0.25) is 0 Å². The second-order valence-corrected chi connectivity index (χ2v) is 6.48. The van der Waals surface area contributed by atoms with Gasteiger partial charge < -0.3 is 10.4 Å². The highest BCUT2D eigenvalue weighted by atomic mass is 32.2. The Morgan fingerprint density at radius 3 is 3.00 bits per heavy atom. The summed E-state index contributed by atoms with van der Waals surface area (Å²) in [6.45, 7) is 5.37. The zero-order valence-electron chi connectivity index (χ0n) is 10.5. The maximum atomic E-state index is 9.41. The number of hydrogen-bond acceptors (Lipinski definition) is 6. The average Bonchev–Trinajstić information content (AvgIpc) is 2.85. The number of hydrogen-bond donors (Lipinski definition) is 2. The molecular formula is C11H21N3OS2. The van der Waals surface area contributed by atoms with E-state index in [0.29, 0.717) is 0 Å². The van der Waals surface area contributed by atoms with E-state index in [1.165, 1.54) is 0 Å². The number of nitrogens with one attached hydrogen (secondary N) is 1. The van der Waals surface area contributed by atoms with Crippen LogP contribution in [-0.4, -0.2) is 39.7 Å². The van der Waals surface area contributed by atoms with Gasteiger partial charge in [0.05, 0.1) is 6.61 Å². The largest absolute Gasteiger partial charge is 0.394 e. The Morgan fingerprint density at radius 2 is 2.41 bits per heavy atom. The second kappa shape index (κ2) is 8.02. The quantitative estimate of drug-likeness (QED) is 0.534. The summed E-state index contributed by atoms with van der Waals surface area (Å²) in [7, 11) is 0. The lowest BCUT2D eigenvalue weighted by atomic mass is 9.97. The summed E-state index contributed by atoms with van der Waals surface area (Å²) in [6, 6.07) is 0. The molecule has 0 aromatic carbocycles. The molecule has 1 aromatic rings. The number of thioether (sulfide) groups is 1. The summed E-state index contributed by atoms with van der Waals surface area (Å²) >= 11 is 3.31. The molecule has 1 aromatic heterocycles. The first-order chi connectivity index (χ1) is 8.20. The van der Waals surface area contributed by atoms with E-state index in [1.54, 1.807) is 28.6 Å². The highest BCUT2D eigenvalue weighted by molar-refractivity contribution is 8.00. The molecule has 4 nitrogen and oxygen atoms in total. The molecule has 0 bridgehead atoms. The second-order valence-electron chi connectivity index (χ2n) is 4.30. The first kappa shape index (κ1) is 14.9. The van der Waals surface area contributed by atoms with Crippen LogP contribution in [0.1, 0.15) is 33.1 Å². The molecule has 0 saturated carbocycles. The number of aliphatic hydroxyl groups excluding tert-OH is 1. The molecule has 1 heterocycles. The minimum absolute atomic E-state index is 0.141. The monoisotopic (exact) mass is 275 g/mol. The highest BCUT2D eigenvalue weighted by Gasteiger charge is 2.21. The smallest absolute Gasteiger partial charge is 0.174 e. The normalized spacial score (nSPS) is 14.8. The first-order valence-corrected chi connectivity index (χ1v) is 7.81. The average molecular weight is 275 g/mol. The van der Waals surface area contributed by atoms with Crippen LogP contribution in [0.15, 0.2) is 9.85 Å². The number of aromatic nitrogens is 2. The summed E-state index contributed by atoms with van der Waals surface area (Å²) in [4.78, 5) is 0. The Labute approximate surface area is 111 Å². The molecule has 0 spiro atoms. The topological polar surface area (TPSA) is 58.0 Å². The van der Waals surface area contributed by atoms with Gasteiger partial charge in [0.1, 0.15) is 5.51 Å². The van der Waals surface area contributed by atoms with Crippen LogP contribution in [0, 0.1) is 0 Å². The SMILES string of the molecule is CCCNC(C)(CO)CCCSc1nncs1. The van der Waals surface area contributed by atoms with E-state index in [2.05, 4.69) is 29.4 Å². The standard InChI is InChI=1S/C11H21N3OS2/c1-3-6-12-11(2,8-15)5-4-7-16-10-14-13-9-17-10/h9,12,15H,3-8H2,1-2H3. The van der Waals surface area contributed by atoms with Crippen molar-refractivity contribution >= 4 is 23.1 Å². The molecule has 0 aliphatic heterocycles. The van der Waals surface area contributed by atoms with E-state index in [9.17, 15) is 5.11 Å². The summed E-state index contributed by atoms with van der Waals surface area (Å²) < 4.78 is 1.03. The van der Waals surface area contributed by atoms with E-state index >= 15 is 0 Å². The van der Waals surface area contributed by atoms with Crippen molar-refractivity contribution in [1.29, 1.82) is 0 Å². The fourth-order valence-corrected chi connectivity index (χ4v) is 3.00. The fourth-order valence-electron chi connectivity index (χ4n) is 1.50. The van der Waals surface area contributed by atoms with Crippen molar-refractivity contribution in [2.24, 2.45) is 0 Å². The van der Waals surface area contributed by atoms with Gasteiger partial charge in [0.25, 0.3) is 0 Å². The Kier molecular flexibility index (Phi) is 7.03. The molecule has 0 aliphatic carbocycles. The van der Waals surface area contributed by atoms with Crippen molar-refractivity contribution in [3.63, 3.8) is 0 Å². The van der Waals surface area contributed by atoms with Gasteiger partial charge in [0.15, 0.2) is 4.34 Å². The van der Waals surface area contributed by atoms with Crippen LogP contribution < -0.4 is 5.32 Å². The van der Waals surface area contributed by atoms with Gasteiger partial charge in [-0.25, -0.2) is 0 Å². The third kappa shape index (κ3) is 5.81. The maximum absolute atomic E-state index is 9.41. The van der Waals surface area contributed by atoms with Gasteiger partial charge in [-0.05, 0) is 32.7 Å². The Bertz CT molecular complexity index is 295. The minimum atomic E-state index is -0.141. The molecule has 6 heteroatoms. The summed E-state index contributed by atoms with van der Waals surface area (Å²) in [5.41, 5.74) is 1.61. The molecule has 2 N–H and O–H groups in total. The highest BCUT2D eigenvalue weighted by Crippen LogP contribution is 2.22. The van der Waals surface area contributed by atoms with Crippen molar-refractivity contribution < 1.29 is 5.11 Å². The third-order valence-corrected chi connectivity index (χ3v) is 4.54. The molecule has 98 valence electrons. The van der Waals surface area contributed by atoms with Crippen LogP contribution in [-0.2, 0) is 0 Å². The van der Waals surface area contributed by atoms with Gasteiger partial charge in [0, 0.05) is 11.3 Å². The van der Waals surface area contributed by atoms with Crippen LogP contribution >= 0.6 is 23.1 Å². The van der Waals surface area contributed by atoms with Crippen LogP contribution in [0.4, 0.5) is 0 Å². The van der Waals surface area contributed by atoms with Gasteiger partial charge in [-0.15, -0.1) is 10.2 Å². The zero-order valence-corrected chi connectivity index (χ0v) is 12.1. The predicted octanol–water partition coefficient (Wildman–Crippen LogP) is 2.16. The summed E-state index contributed by atoms with van der Waals surface area (Å²) in [5, 5.41) is 20.6. The predicted molar refractivity (Wildman–Crippen MR) is 73.7 cm³/mol. The lowest BCUT2D eigenvalue weighted by Gasteiger charge is -2.28. The van der Waals surface area contributed by atoms with Gasteiger partial charge in [-0.1, -0.05) is 30.0 Å². The number of nitrogens with zero attached hydrogens (tertiary/aromatic N) is 2. The lowest BCUT2D eigenvalue weighted by molar-refractivity contribution is 0.165. The summed E-state index contributed by atoms with van der Waals surface area (Å²) in [5.74, 6) is 1.03. The van der Waals surface area contributed by atoms with Crippen LogP contribution in [0.5, 0.6) is 0 Å². The Hall–Kier alpha value is -0.170. The molecule has 0 aliphatic rings. The molecule has 0 radical (unpaired) electrons. The van der Waals surface area contributed by atoms with Crippen molar-refractivity contribution in [2.45, 2.75) is 43.0 Å². The zero-order chi connectivity index (χ0) is 12.6. The van der Waals surface area contributed by atoms with E-state index in [1.807, 2.05) is 0 Å². The summed E-state index contributed by atoms with van der Waals surface area (Å²) in [6.07, 6.45) is 3.14. The van der Waals surface area contributed by atoms with Gasteiger partial charge in [-0.2, -0.15) is 0 Å². The van der Waals surface area contributed by atoms with E-state index in [0.717, 1.165) is 35.9 Å². The number of aliphatic hydroxyl groups is 1. The fraction of sp³-hybridized carbons (Fsp3) is 0.818. The minimum Gasteiger partial charge on any atom is -0.394 e. The van der Waals surface area contributed by atoms with Gasteiger partial charge in [0.2, 0.25) is 0 Å². The maximum Gasteiger partial charge on any atom is 0.174 e. The molecular weight excluding hydrogens is 254 g/mol. The van der Waals surface area contributed by atoms with E-state index in [4.69, 9.17) is 0 Å². The van der Waals surface area contributed by atoms with Crippen LogP contribution in [0.25, 0.3) is 0 Å². The number of rotatable bonds is 9. The van der Waals surface area contributed by atoms with E-state index in [-0.39, 0.29) is 12.1 Å². The van der Waals surface area contributed by atoms with Crippen molar-refractivity contribution in [2.75, 3.05) is 18.9 Å². The third-order valence-electron chi connectivity index (χ3n) is 2.59. The van der Waals surface area contributed by atoms with Crippen molar-refractivity contribution in [1.82, 2.24) is 15.5 Å². The molecule has 1 unspecified atom stereocenters. The van der Waals surface area contributed by atoms with Crippen molar-refractivity contribution in [3.05, 3.63) is 5.51 Å². The Morgan fingerprint density at radius 1 is 1.59 bits per heavy atom. The van der Waals surface area contributed by atoms with E-state index < -0.39 is 0 Å². The molecule has 17 heavy (non-hydrogen) atoms. The van der Waals surface area contributed by atoms with Crippen molar-refractivity contribution in [3.8, 4) is 0 Å². The van der Waals surface area contributed by atoms with Crippen LogP contribution in [0.3, 0.4) is 0 Å². The molecule has 0 saturated heterocycles. The van der Waals surface area contributed by atoms with Gasteiger partial charge >= 0.3 is 0 Å². The Balaban J connectivity index is 2.18. The molecule has 1 atom stereocenters. The lowest BCUT2D eigenvalue weighted by Crippen LogP contribution is -2.46. The molecule has 1 rings (SSSR count). The molecule has 0 fully saturated rings.